The lowest BCUT2D eigenvalue weighted by molar-refractivity contribution is 0.570. The zero-order valence-corrected chi connectivity index (χ0v) is 7.52. The number of hydrogen-bond acceptors (Lipinski definition) is 2. The van der Waals surface area contributed by atoms with Gasteiger partial charge in [0.1, 0.15) is 0 Å². The average molecular weight is 188 g/mol. The highest BCUT2D eigenvalue weighted by molar-refractivity contribution is 5.21. The molecule has 0 bridgehead atoms. The van der Waals surface area contributed by atoms with Crippen LogP contribution >= 0.6 is 0 Å². The van der Waals surface area contributed by atoms with Gasteiger partial charge in [-0.05, 0) is 17.7 Å². The van der Waals surface area contributed by atoms with Gasteiger partial charge in [0.25, 0.3) is 0 Å². The largest absolute Gasteiger partial charge is 0.264 e. The molecule has 2 nitrogen and oxygen atoms in total. The van der Waals surface area contributed by atoms with E-state index < -0.39 is 5.95 Å². The summed E-state index contributed by atoms with van der Waals surface area (Å²) in [4.78, 5) is 7.56. The molecule has 2 aromatic heterocycles. The molecule has 0 aromatic carbocycles. The van der Waals surface area contributed by atoms with E-state index in [0.717, 1.165) is 5.56 Å². The number of rotatable bonds is 2. The van der Waals surface area contributed by atoms with Gasteiger partial charge in [0, 0.05) is 30.6 Å². The van der Waals surface area contributed by atoms with Crippen molar-refractivity contribution in [1.29, 1.82) is 0 Å². The fraction of sp³-hybridized carbons (Fsp3) is 0.0909. The summed E-state index contributed by atoms with van der Waals surface area (Å²) >= 11 is 0. The fourth-order valence-corrected chi connectivity index (χ4v) is 1.27. The molecular formula is C11H9FN2. The number of nitrogens with zero attached hydrogens (tertiary/aromatic N) is 2. The lowest BCUT2D eigenvalue weighted by atomic mass is 10.1. The second-order valence-electron chi connectivity index (χ2n) is 2.99. The Morgan fingerprint density at radius 1 is 1.14 bits per heavy atom. The summed E-state index contributed by atoms with van der Waals surface area (Å²) in [5.41, 5.74) is 1.58. The topological polar surface area (TPSA) is 25.8 Å². The van der Waals surface area contributed by atoms with Crippen LogP contribution < -0.4 is 0 Å². The first-order chi connectivity index (χ1) is 6.86. The Balaban J connectivity index is 2.24. The smallest absolute Gasteiger partial charge is 0.216 e. The van der Waals surface area contributed by atoms with Gasteiger partial charge in [0.15, 0.2) is 0 Å². The van der Waals surface area contributed by atoms with Crippen LogP contribution in [0.2, 0.25) is 0 Å². The molecule has 0 atom stereocenters. The van der Waals surface area contributed by atoms with Crippen molar-refractivity contribution in [1.82, 2.24) is 9.97 Å². The molecule has 2 heterocycles. The van der Waals surface area contributed by atoms with Gasteiger partial charge in [-0.3, -0.25) is 4.98 Å². The maximum atomic E-state index is 13.1. The first-order valence-corrected chi connectivity index (χ1v) is 4.34. The van der Waals surface area contributed by atoms with Crippen LogP contribution in [0.4, 0.5) is 4.39 Å². The maximum Gasteiger partial charge on any atom is 0.216 e. The Kier molecular flexibility index (Phi) is 2.49. The molecule has 0 radical (unpaired) electrons. The second kappa shape index (κ2) is 3.96. The highest BCUT2D eigenvalue weighted by Crippen LogP contribution is 2.09. The summed E-state index contributed by atoms with van der Waals surface area (Å²) in [6.45, 7) is 0. The van der Waals surface area contributed by atoms with E-state index in [1.165, 1.54) is 6.20 Å². The molecule has 2 rings (SSSR count). The summed E-state index contributed by atoms with van der Waals surface area (Å²) in [5.74, 6) is -0.406. The number of hydrogen-bond donors (Lipinski definition) is 0. The highest BCUT2D eigenvalue weighted by Gasteiger charge is 2.02. The predicted octanol–water partition coefficient (Wildman–Crippen LogP) is 2.21. The molecular weight excluding hydrogens is 179 g/mol. The third-order valence-corrected chi connectivity index (χ3v) is 1.95. The van der Waals surface area contributed by atoms with Crippen LogP contribution in [0.15, 0.2) is 42.9 Å². The SMILES string of the molecule is Fc1ncccc1Cc1cccnc1. The van der Waals surface area contributed by atoms with E-state index in [4.69, 9.17) is 0 Å². The molecule has 0 aliphatic carbocycles. The first kappa shape index (κ1) is 8.81. The summed E-state index contributed by atoms with van der Waals surface area (Å²) in [5, 5.41) is 0. The van der Waals surface area contributed by atoms with Crippen LogP contribution in [0, 0.1) is 5.95 Å². The van der Waals surface area contributed by atoms with Crippen molar-refractivity contribution >= 4 is 0 Å². The summed E-state index contributed by atoms with van der Waals surface area (Å²) in [7, 11) is 0. The van der Waals surface area contributed by atoms with E-state index in [0.29, 0.717) is 12.0 Å². The van der Waals surface area contributed by atoms with Crippen molar-refractivity contribution in [2.45, 2.75) is 6.42 Å². The van der Waals surface area contributed by atoms with Crippen LogP contribution in [-0.4, -0.2) is 9.97 Å². The van der Waals surface area contributed by atoms with Crippen LogP contribution in [0.1, 0.15) is 11.1 Å². The molecule has 0 amide bonds. The van der Waals surface area contributed by atoms with Crippen molar-refractivity contribution in [3.05, 3.63) is 59.9 Å². The Bertz CT molecular complexity index is 415. The molecule has 0 aliphatic rings. The number of aromatic nitrogens is 2. The monoisotopic (exact) mass is 188 g/mol. The molecule has 0 N–H and O–H groups in total. The van der Waals surface area contributed by atoms with Gasteiger partial charge in [0.2, 0.25) is 5.95 Å². The van der Waals surface area contributed by atoms with Gasteiger partial charge in [0.05, 0.1) is 0 Å². The van der Waals surface area contributed by atoms with E-state index in [9.17, 15) is 4.39 Å². The third kappa shape index (κ3) is 1.93. The van der Waals surface area contributed by atoms with E-state index in [2.05, 4.69) is 9.97 Å². The predicted molar refractivity (Wildman–Crippen MR) is 51.2 cm³/mol. The van der Waals surface area contributed by atoms with Crippen molar-refractivity contribution in [3.8, 4) is 0 Å². The van der Waals surface area contributed by atoms with E-state index in [1.807, 2.05) is 12.1 Å². The maximum absolute atomic E-state index is 13.1. The fourth-order valence-electron chi connectivity index (χ4n) is 1.27. The Hall–Kier alpha value is -1.77. The normalized spacial score (nSPS) is 10.1. The average Bonchev–Trinajstić information content (AvgIpc) is 2.23. The quantitative estimate of drug-likeness (QED) is 0.675. The summed E-state index contributed by atoms with van der Waals surface area (Å²) in [6.07, 6.45) is 5.41. The molecule has 0 spiro atoms. The van der Waals surface area contributed by atoms with Crippen molar-refractivity contribution in [3.63, 3.8) is 0 Å². The number of halogens is 1. The standard InChI is InChI=1S/C11H9FN2/c12-11-10(4-2-6-14-11)7-9-3-1-5-13-8-9/h1-6,8H,7H2. The molecule has 0 aliphatic heterocycles. The third-order valence-electron chi connectivity index (χ3n) is 1.95. The molecule has 70 valence electrons. The van der Waals surface area contributed by atoms with Crippen LogP contribution in [0.25, 0.3) is 0 Å². The lowest BCUT2D eigenvalue weighted by Gasteiger charge is -2.00. The minimum Gasteiger partial charge on any atom is -0.264 e. The highest BCUT2D eigenvalue weighted by atomic mass is 19.1. The zero-order valence-electron chi connectivity index (χ0n) is 7.52. The Morgan fingerprint density at radius 2 is 2.00 bits per heavy atom. The van der Waals surface area contributed by atoms with Gasteiger partial charge in [-0.15, -0.1) is 0 Å². The second-order valence-corrected chi connectivity index (χ2v) is 2.99. The van der Waals surface area contributed by atoms with E-state index in [-0.39, 0.29) is 0 Å². The Labute approximate surface area is 81.5 Å². The van der Waals surface area contributed by atoms with Gasteiger partial charge < -0.3 is 0 Å². The van der Waals surface area contributed by atoms with Crippen molar-refractivity contribution < 1.29 is 4.39 Å². The molecule has 0 fully saturated rings. The molecule has 0 saturated heterocycles. The van der Waals surface area contributed by atoms with Gasteiger partial charge >= 0.3 is 0 Å². The molecule has 0 unspecified atom stereocenters. The van der Waals surface area contributed by atoms with Gasteiger partial charge in [-0.2, -0.15) is 4.39 Å². The summed E-state index contributed by atoms with van der Waals surface area (Å²) in [6, 6.07) is 7.22. The molecule has 14 heavy (non-hydrogen) atoms. The van der Waals surface area contributed by atoms with E-state index >= 15 is 0 Å². The van der Waals surface area contributed by atoms with Crippen LogP contribution in [0.5, 0.6) is 0 Å². The Morgan fingerprint density at radius 3 is 2.71 bits per heavy atom. The van der Waals surface area contributed by atoms with Crippen molar-refractivity contribution in [2.24, 2.45) is 0 Å². The van der Waals surface area contributed by atoms with Crippen LogP contribution in [0.3, 0.4) is 0 Å². The minimum atomic E-state index is -0.406. The van der Waals surface area contributed by atoms with Gasteiger partial charge in [-0.1, -0.05) is 12.1 Å². The molecule has 0 saturated carbocycles. The minimum absolute atomic E-state index is 0.406. The first-order valence-electron chi connectivity index (χ1n) is 4.34. The van der Waals surface area contributed by atoms with Gasteiger partial charge in [-0.25, -0.2) is 4.98 Å². The number of pyridine rings is 2. The van der Waals surface area contributed by atoms with Crippen molar-refractivity contribution in [2.75, 3.05) is 0 Å². The van der Waals surface area contributed by atoms with E-state index in [1.54, 1.807) is 24.5 Å². The zero-order chi connectivity index (χ0) is 9.80. The van der Waals surface area contributed by atoms with Crippen LogP contribution in [-0.2, 0) is 6.42 Å². The lowest BCUT2D eigenvalue weighted by Crippen LogP contribution is -1.94. The summed E-state index contributed by atoms with van der Waals surface area (Å²) < 4.78 is 13.1. The molecule has 2 aromatic rings. The molecule has 3 heteroatoms.